The normalized spacial score (nSPS) is 18.8. The van der Waals surface area contributed by atoms with Crippen LogP contribution in [0.4, 0.5) is 0 Å². The first kappa shape index (κ1) is 14.1. The van der Waals surface area contributed by atoms with Gasteiger partial charge >= 0.3 is 0 Å². The number of amides is 1. The average Bonchev–Trinajstić information content (AvgIpc) is 2.97. The number of rotatable bonds is 2. The fourth-order valence-corrected chi connectivity index (χ4v) is 3.04. The van der Waals surface area contributed by atoms with Crippen LogP contribution in [0, 0.1) is 0 Å². The first-order chi connectivity index (χ1) is 10.2. The molecule has 21 heavy (non-hydrogen) atoms. The van der Waals surface area contributed by atoms with Crippen LogP contribution in [0.1, 0.15) is 25.8 Å². The molecule has 3 rings (SSSR count). The molecule has 0 aromatic carbocycles. The lowest BCUT2D eigenvalue weighted by Crippen LogP contribution is -2.39. The summed E-state index contributed by atoms with van der Waals surface area (Å²) in [5.74, 6) is 0.959. The molecule has 1 unspecified atom stereocenters. The van der Waals surface area contributed by atoms with Crippen LogP contribution in [0.2, 0.25) is 5.02 Å². The van der Waals surface area contributed by atoms with E-state index < -0.39 is 0 Å². The maximum absolute atomic E-state index is 11.6. The quantitative estimate of drug-likeness (QED) is 0.857. The molecule has 1 saturated heterocycles. The second-order valence-electron chi connectivity index (χ2n) is 5.27. The summed E-state index contributed by atoms with van der Waals surface area (Å²) >= 11 is 6.23. The summed E-state index contributed by atoms with van der Waals surface area (Å²) in [5, 5.41) is 0.587. The third-order valence-electron chi connectivity index (χ3n) is 3.92. The van der Waals surface area contributed by atoms with Gasteiger partial charge in [0.2, 0.25) is 5.91 Å². The SMILES string of the molecule is CC(=O)N1CCCC(n2ccnc2-c2ccncc2Cl)C1. The molecule has 110 valence electrons. The number of imidazole rings is 1. The Bertz CT molecular complexity index is 655. The number of pyridine rings is 1. The summed E-state index contributed by atoms with van der Waals surface area (Å²) in [4.78, 5) is 21.9. The van der Waals surface area contributed by atoms with Gasteiger partial charge in [-0.15, -0.1) is 0 Å². The second kappa shape index (κ2) is 5.85. The van der Waals surface area contributed by atoms with E-state index in [1.807, 2.05) is 17.2 Å². The molecule has 1 aliphatic rings. The van der Waals surface area contributed by atoms with E-state index in [1.165, 1.54) is 0 Å². The van der Waals surface area contributed by atoms with E-state index in [9.17, 15) is 4.79 Å². The number of carbonyl (C=O) groups is 1. The van der Waals surface area contributed by atoms with Crippen molar-refractivity contribution in [2.45, 2.75) is 25.8 Å². The highest BCUT2D eigenvalue weighted by molar-refractivity contribution is 6.33. The van der Waals surface area contributed by atoms with Gasteiger partial charge in [0.15, 0.2) is 0 Å². The van der Waals surface area contributed by atoms with Gasteiger partial charge in [-0.25, -0.2) is 4.98 Å². The molecule has 0 saturated carbocycles. The zero-order valence-corrected chi connectivity index (χ0v) is 12.6. The van der Waals surface area contributed by atoms with Gasteiger partial charge < -0.3 is 9.47 Å². The average molecular weight is 305 g/mol. The number of halogens is 1. The Kier molecular flexibility index (Phi) is 3.92. The molecule has 2 aromatic heterocycles. The molecule has 3 heterocycles. The number of aromatic nitrogens is 3. The van der Waals surface area contributed by atoms with E-state index in [2.05, 4.69) is 14.5 Å². The summed E-state index contributed by atoms with van der Waals surface area (Å²) in [6.45, 7) is 3.18. The highest BCUT2D eigenvalue weighted by Gasteiger charge is 2.25. The molecule has 1 amide bonds. The van der Waals surface area contributed by atoms with Gasteiger partial charge in [-0.1, -0.05) is 11.6 Å². The minimum atomic E-state index is 0.128. The Hall–Kier alpha value is -1.88. The summed E-state index contributed by atoms with van der Waals surface area (Å²) in [6.07, 6.45) is 9.11. The molecule has 6 heteroatoms. The molecular weight excluding hydrogens is 288 g/mol. The maximum atomic E-state index is 11.6. The number of nitrogens with zero attached hydrogens (tertiary/aromatic N) is 4. The summed E-state index contributed by atoms with van der Waals surface area (Å²) < 4.78 is 2.12. The lowest BCUT2D eigenvalue weighted by Gasteiger charge is -2.33. The predicted octanol–water partition coefficient (Wildman–Crippen LogP) is 2.78. The Morgan fingerprint density at radius 1 is 1.43 bits per heavy atom. The summed E-state index contributed by atoms with van der Waals surface area (Å²) in [5.41, 5.74) is 0.872. The number of hydrogen-bond acceptors (Lipinski definition) is 3. The lowest BCUT2D eigenvalue weighted by atomic mass is 10.0. The van der Waals surface area contributed by atoms with Crippen molar-refractivity contribution in [3.8, 4) is 11.4 Å². The van der Waals surface area contributed by atoms with Crippen molar-refractivity contribution in [3.63, 3.8) is 0 Å². The highest BCUT2D eigenvalue weighted by Crippen LogP contribution is 2.30. The van der Waals surface area contributed by atoms with E-state index >= 15 is 0 Å². The van der Waals surface area contributed by atoms with E-state index in [0.717, 1.165) is 37.3 Å². The van der Waals surface area contributed by atoms with Crippen LogP contribution in [-0.2, 0) is 4.79 Å². The van der Waals surface area contributed by atoms with Crippen molar-refractivity contribution in [1.82, 2.24) is 19.4 Å². The summed E-state index contributed by atoms with van der Waals surface area (Å²) in [7, 11) is 0. The van der Waals surface area contributed by atoms with Crippen molar-refractivity contribution in [1.29, 1.82) is 0 Å². The van der Waals surface area contributed by atoms with E-state index in [0.29, 0.717) is 5.02 Å². The second-order valence-corrected chi connectivity index (χ2v) is 5.68. The molecule has 5 nitrogen and oxygen atoms in total. The van der Waals surface area contributed by atoms with Gasteiger partial charge in [-0.3, -0.25) is 9.78 Å². The molecule has 1 aliphatic heterocycles. The minimum absolute atomic E-state index is 0.128. The van der Waals surface area contributed by atoms with E-state index in [-0.39, 0.29) is 11.9 Å². The number of piperidine rings is 1. The van der Waals surface area contributed by atoms with Crippen LogP contribution in [0.3, 0.4) is 0 Å². The van der Waals surface area contributed by atoms with Crippen molar-refractivity contribution >= 4 is 17.5 Å². The molecule has 0 radical (unpaired) electrons. The molecule has 0 N–H and O–H groups in total. The van der Waals surface area contributed by atoms with Gasteiger partial charge in [0.05, 0.1) is 11.1 Å². The third kappa shape index (κ3) is 2.78. The largest absolute Gasteiger partial charge is 0.341 e. The molecule has 0 spiro atoms. The van der Waals surface area contributed by atoms with Crippen LogP contribution in [0.15, 0.2) is 30.9 Å². The molecule has 1 atom stereocenters. The number of hydrogen-bond donors (Lipinski definition) is 0. The van der Waals surface area contributed by atoms with Crippen molar-refractivity contribution in [2.75, 3.05) is 13.1 Å². The Labute approximate surface area is 128 Å². The first-order valence-corrected chi connectivity index (χ1v) is 7.43. The molecule has 2 aromatic rings. The first-order valence-electron chi connectivity index (χ1n) is 7.05. The smallest absolute Gasteiger partial charge is 0.219 e. The molecule has 0 aliphatic carbocycles. The van der Waals surface area contributed by atoms with Crippen LogP contribution in [0.5, 0.6) is 0 Å². The lowest BCUT2D eigenvalue weighted by molar-refractivity contribution is -0.130. The standard InChI is InChI=1S/C15H17ClN4O/c1-11(21)19-7-2-3-12(10-19)20-8-6-18-15(20)13-4-5-17-9-14(13)16/h4-6,8-9,12H,2-3,7,10H2,1H3. The van der Waals surface area contributed by atoms with Crippen molar-refractivity contribution in [2.24, 2.45) is 0 Å². The number of likely N-dealkylation sites (tertiary alicyclic amines) is 1. The highest BCUT2D eigenvalue weighted by atomic mass is 35.5. The fourth-order valence-electron chi connectivity index (χ4n) is 2.84. The van der Waals surface area contributed by atoms with Crippen LogP contribution < -0.4 is 0 Å². The predicted molar refractivity (Wildman–Crippen MR) is 81.0 cm³/mol. The van der Waals surface area contributed by atoms with E-state index in [4.69, 9.17) is 11.6 Å². The number of carbonyl (C=O) groups excluding carboxylic acids is 1. The van der Waals surface area contributed by atoms with Gasteiger partial charge in [0, 0.05) is 50.4 Å². The Morgan fingerprint density at radius 2 is 2.29 bits per heavy atom. The molecular formula is C15H17ClN4O. The van der Waals surface area contributed by atoms with Gasteiger partial charge in [-0.05, 0) is 18.9 Å². The van der Waals surface area contributed by atoms with Crippen molar-refractivity contribution < 1.29 is 4.79 Å². The van der Waals surface area contributed by atoms with Crippen LogP contribution in [0.25, 0.3) is 11.4 Å². The van der Waals surface area contributed by atoms with Crippen LogP contribution >= 0.6 is 11.6 Å². The van der Waals surface area contributed by atoms with E-state index in [1.54, 1.807) is 25.5 Å². The third-order valence-corrected chi connectivity index (χ3v) is 4.22. The zero-order chi connectivity index (χ0) is 14.8. The van der Waals surface area contributed by atoms with Gasteiger partial charge in [0.1, 0.15) is 5.82 Å². The molecule has 0 bridgehead atoms. The van der Waals surface area contributed by atoms with Gasteiger partial charge in [-0.2, -0.15) is 0 Å². The molecule has 1 fully saturated rings. The topological polar surface area (TPSA) is 51.0 Å². The van der Waals surface area contributed by atoms with Crippen molar-refractivity contribution in [3.05, 3.63) is 35.9 Å². The minimum Gasteiger partial charge on any atom is -0.341 e. The summed E-state index contributed by atoms with van der Waals surface area (Å²) in [6, 6.07) is 2.11. The Morgan fingerprint density at radius 3 is 3.05 bits per heavy atom. The Balaban J connectivity index is 1.92. The van der Waals surface area contributed by atoms with Crippen LogP contribution in [-0.4, -0.2) is 38.4 Å². The fraction of sp³-hybridized carbons (Fsp3) is 0.400. The van der Waals surface area contributed by atoms with Gasteiger partial charge in [0.25, 0.3) is 0 Å². The monoisotopic (exact) mass is 304 g/mol. The zero-order valence-electron chi connectivity index (χ0n) is 11.9. The maximum Gasteiger partial charge on any atom is 0.219 e.